The molecule has 1 fully saturated rings. The number of carbonyl (C=O) groups is 1. The summed E-state index contributed by atoms with van der Waals surface area (Å²) in [6.45, 7) is 2.20. The van der Waals surface area contributed by atoms with Crippen molar-refractivity contribution in [2.75, 3.05) is 20.2 Å². The van der Waals surface area contributed by atoms with E-state index in [1.54, 1.807) is 0 Å². The van der Waals surface area contributed by atoms with Gasteiger partial charge in [0.25, 0.3) is 0 Å². The molecule has 1 saturated heterocycles. The summed E-state index contributed by atoms with van der Waals surface area (Å²) in [5.74, 6) is -2.12. The molecule has 2 aromatic carbocycles. The number of hydrogen-bond donors (Lipinski definition) is 0. The molecule has 1 atom stereocenters. The monoisotopic (exact) mass is 425 g/mol. The maximum Gasteiger partial charge on any atom is 0.338 e. The van der Waals surface area contributed by atoms with Gasteiger partial charge >= 0.3 is 5.97 Å². The summed E-state index contributed by atoms with van der Waals surface area (Å²) < 4.78 is 64.9. The van der Waals surface area contributed by atoms with Crippen molar-refractivity contribution in [2.24, 2.45) is 0 Å². The van der Waals surface area contributed by atoms with Crippen molar-refractivity contribution >= 4 is 16.0 Å². The summed E-state index contributed by atoms with van der Waals surface area (Å²) in [5.41, 5.74) is -0.149. The Labute approximate surface area is 168 Å². The van der Waals surface area contributed by atoms with E-state index >= 15 is 0 Å². The van der Waals surface area contributed by atoms with Gasteiger partial charge in [-0.15, -0.1) is 0 Å². The molecule has 2 aromatic rings. The molecule has 1 aliphatic heterocycles. The number of hydrogen-bond acceptors (Lipinski definition) is 5. The SMILES string of the molecule is COc1ccc(C(=O)OC(C)c2cc(F)ccc2F)cc1S(=O)(=O)N1CCCC1. The van der Waals surface area contributed by atoms with Crippen LogP contribution in [-0.2, 0) is 14.8 Å². The second-order valence-electron chi connectivity index (χ2n) is 6.69. The fourth-order valence-electron chi connectivity index (χ4n) is 3.19. The van der Waals surface area contributed by atoms with Crippen LogP contribution in [0.15, 0.2) is 41.3 Å². The Hall–Kier alpha value is -2.52. The Bertz CT molecular complexity index is 1020. The summed E-state index contributed by atoms with van der Waals surface area (Å²) in [4.78, 5) is 12.4. The Morgan fingerprint density at radius 1 is 1.10 bits per heavy atom. The molecule has 0 aliphatic carbocycles. The van der Waals surface area contributed by atoms with E-state index in [1.807, 2.05) is 0 Å². The Morgan fingerprint density at radius 2 is 1.79 bits per heavy atom. The van der Waals surface area contributed by atoms with Gasteiger partial charge in [0, 0.05) is 18.7 Å². The van der Waals surface area contributed by atoms with E-state index in [9.17, 15) is 22.0 Å². The minimum absolute atomic E-state index is 0.0350. The average Bonchev–Trinajstić information content (AvgIpc) is 3.25. The van der Waals surface area contributed by atoms with Crippen LogP contribution in [0, 0.1) is 11.6 Å². The Balaban J connectivity index is 1.89. The number of nitrogens with zero attached hydrogens (tertiary/aromatic N) is 1. The lowest BCUT2D eigenvalue weighted by atomic mass is 10.1. The fourth-order valence-corrected chi connectivity index (χ4v) is 4.89. The molecule has 0 amide bonds. The third-order valence-corrected chi connectivity index (χ3v) is 6.68. The van der Waals surface area contributed by atoms with Gasteiger partial charge in [0.2, 0.25) is 10.0 Å². The van der Waals surface area contributed by atoms with Gasteiger partial charge in [0.15, 0.2) is 0 Å². The van der Waals surface area contributed by atoms with Gasteiger partial charge in [-0.1, -0.05) is 0 Å². The van der Waals surface area contributed by atoms with E-state index in [1.165, 1.54) is 36.5 Å². The van der Waals surface area contributed by atoms with Crippen LogP contribution in [-0.4, -0.2) is 38.9 Å². The van der Waals surface area contributed by atoms with Crippen molar-refractivity contribution in [3.63, 3.8) is 0 Å². The zero-order valence-corrected chi connectivity index (χ0v) is 16.8. The van der Waals surface area contributed by atoms with Crippen LogP contribution in [0.2, 0.25) is 0 Å². The topological polar surface area (TPSA) is 72.9 Å². The third kappa shape index (κ3) is 4.40. The first-order valence-electron chi connectivity index (χ1n) is 9.08. The lowest BCUT2D eigenvalue weighted by Crippen LogP contribution is -2.28. The number of carbonyl (C=O) groups excluding carboxylic acids is 1. The molecular formula is C20H21F2NO5S. The molecule has 1 heterocycles. The first kappa shape index (κ1) is 21.2. The van der Waals surface area contributed by atoms with Crippen molar-refractivity contribution in [3.8, 4) is 5.75 Å². The molecule has 9 heteroatoms. The van der Waals surface area contributed by atoms with Gasteiger partial charge in [-0.05, 0) is 56.2 Å². The van der Waals surface area contributed by atoms with Crippen LogP contribution in [0.25, 0.3) is 0 Å². The second-order valence-corrected chi connectivity index (χ2v) is 8.60. The standard InChI is InChI=1S/C20H21F2NO5S/c1-13(16-12-15(21)6-7-17(16)22)28-20(24)14-5-8-18(27-2)19(11-14)29(25,26)23-9-3-4-10-23/h5-8,11-13H,3-4,9-10H2,1-2H3. The minimum atomic E-state index is -3.84. The normalized spacial score (nSPS) is 15.9. The highest BCUT2D eigenvalue weighted by molar-refractivity contribution is 7.89. The van der Waals surface area contributed by atoms with Crippen molar-refractivity contribution in [1.29, 1.82) is 0 Å². The number of rotatable bonds is 6. The zero-order valence-electron chi connectivity index (χ0n) is 16.0. The smallest absolute Gasteiger partial charge is 0.338 e. The predicted molar refractivity (Wildman–Crippen MR) is 101 cm³/mol. The Kier molecular flexibility index (Phi) is 6.18. The first-order chi connectivity index (χ1) is 13.7. The molecule has 0 N–H and O–H groups in total. The highest BCUT2D eigenvalue weighted by Gasteiger charge is 2.31. The summed E-state index contributed by atoms with van der Waals surface area (Å²) in [7, 11) is -2.50. The summed E-state index contributed by atoms with van der Waals surface area (Å²) >= 11 is 0. The predicted octanol–water partition coefficient (Wildman–Crippen LogP) is 3.68. The highest BCUT2D eigenvalue weighted by Crippen LogP contribution is 2.31. The van der Waals surface area contributed by atoms with E-state index < -0.39 is 33.7 Å². The Morgan fingerprint density at radius 3 is 2.45 bits per heavy atom. The minimum Gasteiger partial charge on any atom is -0.495 e. The quantitative estimate of drug-likeness (QED) is 0.661. The van der Waals surface area contributed by atoms with E-state index in [-0.39, 0.29) is 21.8 Å². The van der Waals surface area contributed by atoms with Crippen LogP contribution >= 0.6 is 0 Å². The van der Waals surface area contributed by atoms with Crippen LogP contribution in [0.4, 0.5) is 8.78 Å². The summed E-state index contributed by atoms with van der Waals surface area (Å²) in [6, 6.07) is 6.77. The molecule has 0 aromatic heterocycles. The van der Waals surface area contributed by atoms with Crippen molar-refractivity contribution in [1.82, 2.24) is 4.31 Å². The molecule has 156 valence electrons. The van der Waals surface area contributed by atoms with Gasteiger partial charge in [0.1, 0.15) is 28.4 Å². The van der Waals surface area contributed by atoms with Crippen LogP contribution in [0.3, 0.4) is 0 Å². The van der Waals surface area contributed by atoms with E-state index in [2.05, 4.69) is 0 Å². The molecule has 1 aliphatic rings. The number of ether oxygens (including phenoxy) is 2. The molecule has 3 rings (SSSR count). The molecule has 6 nitrogen and oxygen atoms in total. The molecule has 1 unspecified atom stereocenters. The van der Waals surface area contributed by atoms with Crippen LogP contribution in [0.5, 0.6) is 5.75 Å². The van der Waals surface area contributed by atoms with Crippen molar-refractivity contribution in [2.45, 2.75) is 30.8 Å². The van der Waals surface area contributed by atoms with E-state index in [0.29, 0.717) is 13.1 Å². The average molecular weight is 425 g/mol. The number of benzene rings is 2. The number of methoxy groups -OCH3 is 1. The lowest BCUT2D eigenvalue weighted by Gasteiger charge is -2.19. The molecular weight excluding hydrogens is 404 g/mol. The van der Waals surface area contributed by atoms with Gasteiger partial charge in [-0.3, -0.25) is 0 Å². The van der Waals surface area contributed by atoms with Crippen LogP contribution < -0.4 is 4.74 Å². The lowest BCUT2D eigenvalue weighted by molar-refractivity contribution is 0.0330. The maximum atomic E-state index is 13.9. The maximum absolute atomic E-state index is 13.9. The second kappa shape index (κ2) is 8.46. The highest BCUT2D eigenvalue weighted by atomic mass is 32.2. The summed E-state index contributed by atoms with van der Waals surface area (Å²) in [6.07, 6.45) is 0.457. The van der Waals surface area contributed by atoms with Gasteiger partial charge in [-0.25, -0.2) is 22.0 Å². The molecule has 0 saturated carbocycles. The van der Waals surface area contributed by atoms with E-state index in [0.717, 1.165) is 31.0 Å². The van der Waals surface area contributed by atoms with Crippen LogP contribution in [0.1, 0.15) is 41.8 Å². The largest absolute Gasteiger partial charge is 0.495 e. The first-order valence-corrected chi connectivity index (χ1v) is 10.5. The number of sulfonamides is 1. The molecule has 0 bridgehead atoms. The fraction of sp³-hybridized carbons (Fsp3) is 0.350. The molecule has 0 spiro atoms. The van der Waals surface area contributed by atoms with Gasteiger partial charge in [-0.2, -0.15) is 4.31 Å². The molecule has 29 heavy (non-hydrogen) atoms. The summed E-state index contributed by atoms with van der Waals surface area (Å²) in [5, 5.41) is 0. The number of halogens is 2. The van der Waals surface area contributed by atoms with Gasteiger partial charge in [0.05, 0.1) is 12.7 Å². The molecule has 0 radical (unpaired) electrons. The van der Waals surface area contributed by atoms with E-state index in [4.69, 9.17) is 9.47 Å². The zero-order chi connectivity index (χ0) is 21.2. The van der Waals surface area contributed by atoms with Crippen molar-refractivity contribution in [3.05, 3.63) is 59.2 Å². The third-order valence-electron chi connectivity index (χ3n) is 4.76. The number of esters is 1. The van der Waals surface area contributed by atoms with Crippen molar-refractivity contribution < 1.29 is 31.5 Å². The van der Waals surface area contributed by atoms with Gasteiger partial charge < -0.3 is 9.47 Å².